The fourth-order valence-electron chi connectivity index (χ4n) is 6.17. The van der Waals surface area contributed by atoms with Gasteiger partial charge in [0.25, 0.3) is 0 Å². The third kappa shape index (κ3) is 4.86. The second kappa shape index (κ2) is 10.2. The highest BCUT2D eigenvalue weighted by Crippen LogP contribution is 2.53. The highest BCUT2D eigenvalue weighted by Gasteiger charge is 2.52. The van der Waals surface area contributed by atoms with Gasteiger partial charge in [-0.2, -0.15) is 0 Å². The second-order valence-corrected chi connectivity index (χ2v) is 12.1. The van der Waals surface area contributed by atoms with E-state index in [9.17, 15) is 9.90 Å². The van der Waals surface area contributed by atoms with Gasteiger partial charge in [0.05, 0.1) is 16.6 Å². The van der Waals surface area contributed by atoms with Gasteiger partial charge in [-0.15, -0.1) is 23.7 Å². The molecule has 0 radical (unpaired) electrons. The second-order valence-electron chi connectivity index (χ2n) is 11.4. The number of carbonyl (C=O) groups is 1. The lowest BCUT2D eigenvalue weighted by Gasteiger charge is -2.32. The molecule has 39 heavy (non-hydrogen) atoms. The zero-order chi connectivity index (χ0) is 27.1. The van der Waals surface area contributed by atoms with Crippen LogP contribution < -0.4 is 10.6 Å². The highest BCUT2D eigenvalue weighted by molar-refractivity contribution is 7.07. The van der Waals surface area contributed by atoms with Crippen molar-refractivity contribution in [2.24, 2.45) is 17.8 Å². The van der Waals surface area contributed by atoms with Crippen LogP contribution in [-0.2, 0) is 12.0 Å². The molecule has 3 aromatic rings. The molecule has 0 unspecified atom stereocenters. The van der Waals surface area contributed by atoms with E-state index in [-0.39, 0.29) is 23.1 Å². The summed E-state index contributed by atoms with van der Waals surface area (Å²) in [5.41, 5.74) is 3.94. The molecule has 3 aliphatic rings. The van der Waals surface area contributed by atoms with Crippen LogP contribution in [0.3, 0.4) is 0 Å². The molecule has 11 heteroatoms. The molecular weight excluding hydrogens is 512 g/mol. The Bertz CT molecular complexity index is 1430. The predicted molar refractivity (Wildman–Crippen MR) is 150 cm³/mol. The Balaban J connectivity index is 1.48. The van der Waals surface area contributed by atoms with E-state index in [4.69, 9.17) is 21.8 Å². The number of carboxylic acid groups (broad SMARTS) is 1. The van der Waals surface area contributed by atoms with E-state index in [0.717, 1.165) is 62.1 Å². The van der Waals surface area contributed by atoms with Crippen LogP contribution in [0.25, 0.3) is 11.2 Å². The number of anilines is 1. The van der Waals surface area contributed by atoms with Gasteiger partial charge < -0.3 is 15.0 Å². The maximum absolute atomic E-state index is 11.3. The van der Waals surface area contributed by atoms with Crippen LogP contribution in [0.4, 0.5) is 10.6 Å². The van der Waals surface area contributed by atoms with Crippen molar-refractivity contribution in [3.8, 4) is 12.3 Å². The largest absolute Gasteiger partial charge is 0.465 e. The first kappa shape index (κ1) is 25.7. The molecule has 1 atom stereocenters. The lowest BCUT2D eigenvalue weighted by molar-refractivity contribution is 0.200. The quantitative estimate of drug-likeness (QED) is 0.177. The Morgan fingerprint density at radius 2 is 2.03 bits per heavy atom. The lowest BCUT2D eigenvalue weighted by Crippen LogP contribution is -2.33. The summed E-state index contributed by atoms with van der Waals surface area (Å²) in [4.78, 5) is 30.4. The van der Waals surface area contributed by atoms with E-state index < -0.39 is 6.09 Å². The number of aromatic nitrogens is 5. The van der Waals surface area contributed by atoms with Crippen LogP contribution in [-0.4, -0.2) is 47.6 Å². The lowest BCUT2D eigenvalue weighted by atomic mass is 9.80. The summed E-state index contributed by atoms with van der Waals surface area (Å²) in [6, 6.07) is 0.178. The molecule has 0 bridgehead atoms. The minimum absolute atomic E-state index is 0.0115. The average Bonchev–Trinajstić information content (AvgIpc) is 3.31. The number of amidine groups is 1. The molecule has 0 saturated heterocycles. The molecule has 6 rings (SSSR count). The SMILES string of the molecule is C#CC1CCC(Cn2c(C3(c4cscn4)CC3)nc3nc(C(=N)NC(=O)O)nc(N[C@H](C)C4CCC4)c32)CC1. The van der Waals surface area contributed by atoms with E-state index in [1.54, 1.807) is 11.3 Å². The van der Waals surface area contributed by atoms with Crippen LogP contribution in [0.1, 0.15) is 82.1 Å². The van der Waals surface area contributed by atoms with E-state index in [1.165, 1.54) is 19.3 Å². The third-order valence-electron chi connectivity index (χ3n) is 8.90. The number of rotatable bonds is 8. The predicted octanol–water partition coefficient (Wildman–Crippen LogP) is 5.00. The number of nitrogens with one attached hydrogen (secondary N) is 3. The van der Waals surface area contributed by atoms with E-state index >= 15 is 0 Å². The Labute approximate surface area is 231 Å². The van der Waals surface area contributed by atoms with Crippen molar-refractivity contribution in [2.45, 2.75) is 82.7 Å². The molecule has 3 fully saturated rings. The zero-order valence-corrected chi connectivity index (χ0v) is 22.9. The molecule has 3 aliphatic carbocycles. The van der Waals surface area contributed by atoms with Crippen LogP contribution >= 0.6 is 11.3 Å². The van der Waals surface area contributed by atoms with Crippen LogP contribution in [0, 0.1) is 35.5 Å². The van der Waals surface area contributed by atoms with E-state index in [2.05, 4.69) is 43.4 Å². The summed E-state index contributed by atoms with van der Waals surface area (Å²) >= 11 is 1.59. The first-order chi connectivity index (χ1) is 18.9. The summed E-state index contributed by atoms with van der Waals surface area (Å²) in [6.45, 7) is 2.95. The van der Waals surface area contributed by atoms with Crippen LogP contribution in [0.5, 0.6) is 0 Å². The molecule has 1 amide bonds. The smallest absolute Gasteiger partial charge is 0.410 e. The number of hydrogen-bond donors (Lipinski definition) is 4. The Kier molecular flexibility index (Phi) is 6.75. The summed E-state index contributed by atoms with van der Waals surface area (Å²) in [7, 11) is 0. The third-order valence-corrected chi connectivity index (χ3v) is 9.49. The number of terminal acetylenes is 1. The van der Waals surface area contributed by atoms with Crippen LogP contribution in [0.2, 0.25) is 0 Å². The molecule has 0 aliphatic heterocycles. The molecule has 3 saturated carbocycles. The number of nitrogens with zero attached hydrogens (tertiary/aromatic N) is 5. The van der Waals surface area contributed by atoms with E-state index in [1.807, 2.05) is 5.51 Å². The first-order valence-corrected chi connectivity index (χ1v) is 14.8. The van der Waals surface area contributed by atoms with Crippen molar-refractivity contribution in [3.63, 3.8) is 0 Å². The summed E-state index contributed by atoms with van der Waals surface area (Å²) in [5.74, 6) is 5.48. The molecule has 0 spiro atoms. The van der Waals surface area contributed by atoms with Gasteiger partial charge >= 0.3 is 6.09 Å². The van der Waals surface area contributed by atoms with Gasteiger partial charge in [0.1, 0.15) is 11.3 Å². The maximum atomic E-state index is 11.3. The maximum Gasteiger partial charge on any atom is 0.410 e. The van der Waals surface area contributed by atoms with Crippen molar-refractivity contribution in [3.05, 3.63) is 28.2 Å². The highest BCUT2D eigenvalue weighted by atomic mass is 32.1. The monoisotopic (exact) mass is 546 g/mol. The van der Waals surface area contributed by atoms with Crippen LogP contribution in [0.15, 0.2) is 10.9 Å². The molecule has 3 heterocycles. The summed E-state index contributed by atoms with van der Waals surface area (Å²) in [5, 5.41) is 25.3. The summed E-state index contributed by atoms with van der Waals surface area (Å²) in [6.07, 6.45) is 14.1. The Morgan fingerprint density at radius 3 is 2.62 bits per heavy atom. The Morgan fingerprint density at radius 1 is 1.26 bits per heavy atom. The number of hydrogen-bond acceptors (Lipinski definition) is 8. The fraction of sp³-hybridized carbons (Fsp3) is 0.571. The molecule has 3 aromatic heterocycles. The zero-order valence-electron chi connectivity index (χ0n) is 22.1. The van der Waals surface area contributed by atoms with Gasteiger partial charge in [0.15, 0.2) is 23.1 Å². The van der Waals surface area contributed by atoms with Crippen molar-refractivity contribution in [1.29, 1.82) is 5.41 Å². The summed E-state index contributed by atoms with van der Waals surface area (Å²) < 4.78 is 2.30. The molecule has 204 valence electrons. The fourth-order valence-corrected chi connectivity index (χ4v) is 6.82. The average molecular weight is 547 g/mol. The molecule has 0 aromatic carbocycles. The van der Waals surface area contributed by atoms with Crippen molar-refractivity contribution in [1.82, 2.24) is 29.8 Å². The number of fused-ring (bicyclic) bond motifs is 1. The standard InChI is InChI=1S/C28H34N8O2S/c1-3-17-7-9-18(10-8-17)13-36-21-23(31-16(2)19-5-4-6-19)33-25(22(29)32-27(37)38)34-24(21)35-26(36)28(11-12-28)20-14-39-15-30-20/h1,14-19H,4-13H2,2H3,(H2,29,32)(H,37,38)(H,31,33,34)/t16-,17?,18?/m1/s1. The number of amides is 1. The minimum Gasteiger partial charge on any atom is -0.465 e. The van der Waals surface area contributed by atoms with Gasteiger partial charge in [-0.25, -0.2) is 24.7 Å². The van der Waals surface area contributed by atoms with Gasteiger partial charge in [-0.3, -0.25) is 10.7 Å². The van der Waals surface area contributed by atoms with Crippen molar-refractivity contribution in [2.75, 3.05) is 5.32 Å². The van der Waals surface area contributed by atoms with Gasteiger partial charge in [0.2, 0.25) is 0 Å². The van der Waals surface area contributed by atoms with Gasteiger partial charge in [-0.05, 0) is 70.1 Å². The van der Waals surface area contributed by atoms with Gasteiger partial charge in [0, 0.05) is 23.9 Å². The normalized spacial score (nSPS) is 23.0. The minimum atomic E-state index is -1.32. The topological polar surface area (TPSA) is 142 Å². The number of thiazole rings is 1. The van der Waals surface area contributed by atoms with Gasteiger partial charge in [-0.1, -0.05) is 6.42 Å². The Hall–Kier alpha value is -3.52. The van der Waals surface area contributed by atoms with E-state index in [0.29, 0.717) is 29.2 Å². The first-order valence-electron chi connectivity index (χ1n) is 13.9. The molecular formula is C28H34N8O2S. The van der Waals surface area contributed by atoms with Crippen molar-refractivity contribution < 1.29 is 9.90 Å². The van der Waals surface area contributed by atoms with Crippen molar-refractivity contribution >= 4 is 40.2 Å². The molecule has 4 N–H and O–H groups in total. The molecule has 10 nitrogen and oxygen atoms in total. The number of imidazole rings is 1.